The van der Waals surface area contributed by atoms with E-state index in [0.717, 1.165) is 11.3 Å². The summed E-state index contributed by atoms with van der Waals surface area (Å²) in [5, 5.41) is 2.87. The number of carbonyl (C=O) groups excluding carboxylic acids is 1. The molecule has 0 aliphatic carbocycles. The van der Waals surface area contributed by atoms with Crippen molar-refractivity contribution in [2.24, 2.45) is 0 Å². The Morgan fingerprint density at radius 1 is 1.41 bits per heavy atom. The molecule has 1 aromatic carbocycles. The molecular weight excluding hydrogens is 241 g/mol. The number of halogens is 1. The molecular formula is C12H14FNO2S. The lowest BCUT2D eigenvalue weighted by molar-refractivity contribution is -0.122. The summed E-state index contributed by atoms with van der Waals surface area (Å²) in [6.45, 7) is 1.24. The Labute approximate surface area is 104 Å². The van der Waals surface area contributed by atoms with Gasteiger partial charge in [0, 0.05) is 5.75 Å². The van der Waals surface area contributed by atoms with E-state index in [4.69, 9.17) is 4.74 Å². The fourth-order valence-corrected chi connectivity index (χ4v) is 2.23. The fourth-order valence-electron chi connectivity index (χ4n) is 1.43. The molecule has 1 amide bonds. The van der Waals surface area contributed by atoms with Gasteiger partial charge < -0.3 is 10.1 Å². The van der Waals surface area contributed by atoms with E-state index in [-0.39, 0.29) is 17.8 Å². The molecule has 1 aromatic rings. The van der Waals surface area contributed by atoms with Crippen molar-refractivity contribution in [2.75, 3.05) is 19.0 Å². The molecule has 0 aromatic heterocycles. The molecule has 0 bridgehead atoms. The van der Waals surface area contributed by atoms with Gasteiger partial charge in [0.1, 0.15) is 5.82 Å². The summed E-state index contributed by atoms with van der Waals surface area (Å²) in [6, 6.07) is 6.53. The first kappa shape index (κ1) is 12.4. The van der Waals surface area contributed by atoms with Gasteiger partial charge in [-0.15, -0.1) is 11.8 Å². The maximum atomic E-state index is 12.6. The second-order valence-corrected chi connectivity index (χ2v) is 4.91. The van der Waals surface area contributed by atoms with Crippen molar-refractivity contribution in [3.05, 3.63) is 35.6 Å². The third-order valence-electron chi connectivity index (χ3n) is 2.42. The van der Waals surface area contributed by atoms with Gasteiger partial charge in [0.05, 0.1) is 25.0 Å². The summed E-state index contributed by atoms with van der Waals surface area (Å²) >= 11 is 1.52. The maximum Gasteiger partial charge on any atom is 0.230 e. The Hall–Kier alpha value is -1.07. The third-order valence-corrected chi connectivity index (χ3v) is 3.42. The molecule has 0 radical (unpaired) electrons. The van der Waals surface area contributed by atoms with Crippen LogP contribution in [0.3, 0.4) is 0 Å². The number of nitrogens with one attached hydrogen (secondary N) is 1. The minimum absolute atomic E-state index is 0.0328. The quantitative estimate of drug-likeness (QED) is 0.868. The van der Waals surface area contributed by atoms with Crippen LogP contribution in [0.4, 0.5) is 4.39 Å². The van der Waals surface area contributed by atoms with Gasteiger partial charge in [0.25, 0.3) is 0 Å². The average molecular weight is 255 g/mol. The number of hydrogen-bond acceptors (Lipinski definition) is 3. The molecule has 0 spiro atoms. The topological polar surface area (TPSA) is 38.3 Å². The molecule has 1 N–H and O–H groups in total. The van der Waals surface area contributed by atoms with Crippen LogP contribution in [-0.2, 0) is 15.3 Å². The molecule has 1 aliphatic heterocycles. The second kappa shape index (κ2) is 6.02. The second-order valence-electron chi connectivity index (χ2n) is 3.92. The van der Waals surface area contributed by atoms with Crippen molar-refractivity contribution < 1.29 is 13.9 Å². The summed E-state index contributed by atoms with van der Waals surface area (Å²) in [4.78, 5) is 11.4. The SMILES string of the molecule is O=C(CSCc1ccc(F)cc1)NC1COC1. The number of carbonyl (C=O) groups is 1. The van der Waals surface area contributed by atoms with Gasteiger partial charge in [-0.2, -0.15) is 0 Å². The van der Waals surface area contributed by atoms with Crippen LogP contribution in [0.25, 0.3) is 0 Å². The Bertz CT molecular complexity index is 379. The predicted octanol–water partition coefficient (Wildman–Crippen LogP) is 1.57. The number of thioether (sulfide) groups is 1. The van der Waals surface area contributed by atoms with E-state index < -0.39 is 0 Å². The zero-order valence-corrected chi connectivity index (χ0v) is 10.1. The van der Waals surface area contributed by atoms with E-state index in [0.29, 0.717) is 19.0 Å². The lowest BCUT2D eigenvalue weighted by Gasteiger charge is -2.26. The smallest absolute Gasteiger partial charge is 0.230 e. The van der Waals surface area contributed by atoms with Gasteiger partial charge >= 0.3 is 0 Å². The molecule has 0 saturated carbocycles. The standard InChI is InChI=1S/C12H14FNO2S/c13-10-3-1-9(2-4-10)7-17-8-12(15)14-11-5-16-6-11/h1-4,11H,5-8H2,(H,14,15). The summed E-state index contributed by atoms with van der Waals surface area (Å²) < 4.78 is 17.6. The van der Waals surface area contributed by atoms with Crippen molar-refractivity contribution >= 4 is 17.7 Å². The maximum absolute atomic E-state index is 12.6. The largest absolute Gasteiger partial charge is 0.377 e. The number of amides is 1. The van der Waals surface area contributed by atoms with E-state index in [1.54, 1.807) is 12.1 Å². The van der Waals surface area contributed by atoms with Crippen LogP contribution in [0.5, 0.6) is 0 Å². The highest BCUT2D eigenvalue weighted by molar-refractivity contribution is 7.99. The van der Waals surface area contributed by atoms with Crippen molar-refractivity contribution in [3.8, 4) is 0 Å². The first-order chi connectivity index (χ1) is 8.24. The Morgan fingerprint density at radius 2 is 2.12 bits per heavy atom. The summed E-state index contributed by atoms with van der Waals surface area (Å²) in [6.07, 6.45) is 0. The zero-order valence-electron chi connectivity index (χ0n) is 9.32. The molecule has 1 aliphatic rings. The molecule has 0 atom stereocenters. The molecule has 92 valence electrons. The molecule has 1 saturated heterocycles. The number of hydrogen-bond donors (Lipinski definition) is 1. The highest BCUT2D eigenvalue weighted by Gasteiger charge is 2.19. The Balaban J connectivity index is 1.64. The molecule has 1 heterocycles. The summed E-state index contributed by atoms with van der Waals surface area (Å²) in [7, 11) is 0. The van der Waals surface area contributed by atoms with E-state index >= 15 is 0 Å². The van der Waals surface area contributed by atoms with Crippen LogP contribution in [-0.4, -0.2) is 30.9 Å². The third kappa shape index (κ3) is 4.02. The normalized spacial score (nSPS) is 15.4. The van der Waals surface area contributed by atoms with Crippen LogP contribution in [0.2, 0.25) is 0 Å². The molecule has 1 fully saturated rings. The van der Waals surface area contributed by atoms with Crippen LogP contribution < -0.4 is 5.32 Å². The number of ether oxygens (including phenoxy) is 1. The number of rotatable bonds is 5. The van der Waals surface area contributed by atoms with Gasteiger partial charge in [-0.3, -0.25) is 4.79 Å². The molecule has 5 heteroatoms. The monoisotopic (exact) mass is 255 g/mol. The summed E-state index contributed by atoms with van der Waals surface area (Å²) in [5.74, 6) is 0.940. The van der Waals surface area contributed by atoms with Gasteiger partial charge in [0.15, 0.2) is 0 Å². The van der Waals surface area contributed by atoms with Gasteiger partial charge in [-0.25, -0.2) is 4.39 Å². The van der Waals surface area contributed by atoms with E-state index in [1.807, 2.05) is 0 Å². The Morgan fingerprint density at radius 3 is 2.71 bits per heavy atom. The van der Waals surface area contributed by atoms with Crippen LogP contribution in [0.1, 0.15) is 5.56 Å². The van der Waals surface area contributed by atoms with Crippen LogP contribution >= 0.6 is 11.8 Å². The minimum Gasteiger partial charge on any atom is -0.377 e. The summed E-state index contributed by atoms with van der Waals surface area (Å²) in [5.41, 5.74) is 1.02. The zero-order chi connectivity index (χ0) is 12.1. The highest BCUT2D eigenvalue weighted by atomic mass is 32.2. The van der Waals surface area contributed by atoms with Crippen molar-refractivity contribution in [3.63, 3.8) is 0 Å². The highest BCUT2D eigenvalue weighted by Crippen LogP contribution is 2.12. The molecule has 3 nitrogen and oxygen atoms in total. The van der Waals surface area contributed by atoms with Crippen LogP contribution in [0.15, 0.2) is 24.3 Å². The van der Waals surface area contributed by atoms with Crippen LogP contribution in [0, 0.1) is 5.82 Å². The van der Waals surface area contributed by atoms with Crippen molar-refractivity contribution in [1.29, 1.82) is 0 Å². The van der Waals surface area contributed by atoms with Crippen molar-refractivity contribution in [2.45, 2.75) is 11.8 Å². The average Bonchev–Trinajstić information content (AvgIpc) is 2.26. The Kier molecular flexibility index (Phi) is 4.39. The van der Waals surface area contributed by atoms with E-state index in [2.05, 4.69) is 5.32 Å². The van der Waals surface area contributed by atoms with E-state index in [1.165, 1.54) is 23.9 Å². The minimum atomic E-state index is -0.235. The molecule has 0 unspecified atom stereocenters. The first-order valence-corrected chi connectivity index (χ1v) is 6.59. The first-order valence-electron chi connectivity index (χ1n) is 5.43. The van der Waals surface area contributed by atoms with E-state index in [9.17, 15) is 9.18 Å². The van der Waals surface area contributed by atoms with Gasteiger partial charge in [-0.1, -0.05) is 12.1 Å². The van der Waals surface area contributed by atoms with Crippen molar-refractivity contribution in [1.82, 2.24) is 5.32 Å². The molecule has 2 rings (SSSR count). The predicted molar refractivity (Wildman–Crippen MR) is 65.3 cm³/mol. The van der Waals surface area contributed by atoms with Gasteiger partial charge in [-0.05, 0) is 17.7 Å². The fraction of sp³-hybridized carbons (Fsp3) is 0.417. The lowest BCUT2D eigenvalue weighted by Crippen LogP contribution is -2.49. The number of benzene rings is 1. The van der Waals surface area contributed by atoms with Gasteiger partial charge in [0.2, 0.25) is 5.91 Å². The lowest BCUT2D eigenvalue weighted by atomic mass is 10.2. The molecule has 17 heavy (non-hydrogen) atoms.